The highest BCUT2D eigenvalue weighted by Gasteiger charge is 2.44. The molecular weight excluding hydrogens is 267 g/mol. The number of nitrogens with zero attached hydrogens (tertiary/aromatic N) is 1. The van der Waals surface area contributed by atoms with Gasteiger partial charge in [0.15, 0.2) is 0 Å². The molecule has 2 atom stereocenters. The first-order chi connectivity index (χ1) is 9.93. The van der Waals surface area contributed by atoms with Crippen molar-refractivity contribution < 1.29 is 9.13 Å². The molecular formula is C17H27FN2O. The number of halogens is 1. The average Bonchev–Trinajstić information content (AvgIpc) is 2.49. The Morgan fingerprint density at radius 1 is 1.33 bits per heavy atom. The third-order valence-corrected chi connectivity index (χ3v) is 4.99. The van der Waals surface area contributed by atoms with Crippen LogP contribution in [0.25, 0.3) is 0 Å². The van der Waals surface area contributed by atoms with Gasteiger partial charge in [-0.3, -0.25) is 4.90 Å². The molecule has 0 spiro atoms. The second kappa shape index (κ2) is 6.42. The van der Waals surface area contributed by atoms with Gasteiger partial charge in [0.25, 0.3) is 0 Å². The first-order valence-corrected chi connectivity index (χ1v) is 7.73. The summed E-state index contributed by atoms with van der Waals surface area (Å²) in [5.74, 6) is -0.195. The molecule has 1 aliphatic heterocycles. The maximum Gasteiger partial charge on any atom is 0.123 e. The van der Waals surface area contributed by atoms with E-state index in [1.165, 1.54) is 12.1 Å². The molecule has 0 saturated carbocycles. The van der Waals surface area contributed by atoms with Crippen molar-refractivity contribution in [3.63, 3.8) is 0 Å². The van der Waals surface area contributed by atoms with Gasteiger partial charge in [0.05, 0.1) is 5.60 Å². The molecule has 1 saturated heterocycles. The number of benzene rings is 1. The lowest BCUT2D eigenvalue weighted by atomic mass is 9.78. The normalized spacial score (nSPS) is 29.8. The summed E-state index contributed by atoms with van der Waals surface area (Å²) in [6, 6.07) is 6.71. The molecule has 1 aromatic rings. The van der Waals surface area contributed by atoms with Gasteiger partial charge in [-0.25, -0.2) is 4.39 Å². The highest BCUT2D eigenvalue weighted by Crippen LogP contribution is 2.37. The Morgan fingerprint density at radius 2 is 2.00 bits per heavy atom. The second-order valence-corrected chi connectivity index (χ2v) is 6.49. The van der Waals surface area contributed by atoms with Crippen LogP contribution in [0.4, 0.5) is 4.39 Å². The fraction of sp³-hybridized carbons (Fsp3) is 0.647. The molecule has 4 heteroatoms. The van der Waals surface area contributed by atoms with E-state index in [0.717, 1.165) is 38.0 Å². The smallest absolute Gasteiger partial charge is 0.123 e. The summed E-state index contributed by atoms with van der Waals surface area (Å²) in [5.41, 5.74) is 7.10. The van der Waals surface area contributed by atoms with E-state index in [1.807, 2.05) is 12.1 Å². The third kappa shape index (κ3) is 3.62. The first-order valence-electron chi connectivity index (χ1n) is 7.73. The van der Waals surface area contributed by atoms with Crippen LogP contribution in [0.3, 0.4) is 0 Å². The molecule has 1 aliphatic rings. The van der Waals surface area contributed by atoms with Gasteiger partial charge in [0, 0.05) is 25.2 Å². The average molecular weight is 294 g/mol. The van der Waals surface area contributed by atoms with E-state index < -0.39 is 0 Å². The van der Waals surface area contributed by atoms with E-state index in [4.69, 9.17) is 10.5 Å². The van der Waals surface area contributed by atoms with Crippen molar-refractivity contribution in [2.75, 3.05) is 20.2 Å². The molecule has 1 fully saturated rings. The Labute approximate surface area is 127 Å². The molecule has 2 rings (SSSR count). The van der Waals surface area contributed by atoms with E-state index in [1.54, 1.807) is 0 Å². The Hall–Kier alpha value is -0.970. The van der Waals surface area contributed by atoms with Crippen molar-refractivity contribution in [1.29, 1.82) is 0 Å². The van der Waals surface area contributed by atoms with Gasteiger partial charge in [-0.15, -0.1) is 0 Å². The SMILES string of the molecule is CCC1(C)CC(CN)(N(C)Cc2ccc(F)cc2)CCO1. The zero-order chi connectivity index (χ0) is 15.5. The maximum atomic E-state index is 13.0. The minimum Gasteiger partial charge on any atom is -0.375 e. The van der Waals surface area contributed by atoms with Gasteiger partial charge in [-0.2, -0.15) is 0 Å². The Kier molecular flexibility index (Phi) is 5.02. The van der Waals surface area contributed by atoms with Gasteiger partial charge in [-0.05, 0) is 50.9 Å². The lowest BCUT2D eigenvalue weighted by Crippen LogP contribution is -2.59. The Bertz CT molecular complexity index is 464. The van der Waals surface area contributed by atoms with Crippen molar-refractivity contribution in [1.82, 2.24) is 4.90 Å². The number of rotatable bonds is 5. The van der Waals surface area contributed by atoms with E-state index in [0.29, 0.717) is 6.54 Å². The van der Waals surface area contributed by atoms with E-state index in [2.05, 4.69) is 25.8 Å². The van der Waals surface area contributed by atoms with Crippen LogP contribution < -0.4 is 5.73 Å². The fourth-order valence-corrected chi connectivity index (χ4v) is 3.24. The van der Waals surface area contributed by atoms with Crippen molar-refractivity contribution in [3.8, 4) is 0 Å². The van der Waals surface area contributed by atoms with Crippen LogP contribution in [0.15, 0.2) is 24.3 Å². The maximum absolute atomic E-state index is 13.0. The van der Waals surface area contributed by atoms with Gasteiger partial charge in [-0.1, -0.05) is 19.1 Å². The molecule has 0 aliphatic carbocycles. The molecule has 118 valence electrons. The van der Waals surface area contributed by atoms with Gasteiger partial charge in [0.2, 0.25) is 0 Å². The van der Waals surface area contributed by atoms with Crippen LogP contribution in [0.1, 0.15) is 38.7 Å². The number of hydrogen-bond donors (Lipinski definition) is 1. The molecule has 3 nitrogen and oxygen atoms in total. The first kappa shape index (κ1) is 16.4. The molecule has 0 radical (unpaired) electrons. The zero-order valence-electron chi connectivity index (χ0n) is 13.4. The summed E-state index contributed by atoms with van der Waals surface area (Å²) in [7, 11) is 2.11. The third-order valence-electron chi connectivity index (χ3n) is 4.99. The molecule has 2 N–H and O–H groups in total. The number of hydrogen-bond acceptors (Lipinski definition) is 3. The van der Waals surface area contributed by atoms with E-state index >= 15 is 0 Å². The molecule has 21 heavy (non-hydrogen) atoms. The molecule has 0 aromatic heterocycles. The topological polar surface area (TPSA) is 38.5 Å². The lowest BCUT2D eigenvalue weighted by Gasteiger charge is -2.50. The Morgan fingerprint density at radius 3 is 2.57 bits per heavy atom. The van der Waals surface area contributed by atoms with Crippen LogP contribution >= 0.6 is 0 Å². The minimum atomic E-state index is -0.195. The van der Waals surface area contributed by atoms with Gasteiger partial charge >= 0.3 is 0 Å². The van der Waals surface area contributed by atoms with E-state index in [-0.39, 0.29) is 17.0 Å². The molecule has 1 aromatic carbocycles. The van der Waals surface area contributed by atoms with Gasteiger partial charge < -0.3 is 10.5 Å². The molecule has 0 bridgehead atoms. The van der Waals surface area contributed by atoms with Crippen LogP contribution in [0, 0.1) is 5.82 Å². The predicted octanol–water partition coefficient (Wildman–Crippen LogP) is 2.93. The summed E-state index contributed by atoms with van der Waals surface area (Å²) < 4.78 is 19.0. The lowest BCUT2D eigenvalue weighted by molar-refractivity contribution is -0.126. The van der Waals surface area contributed by atoms with Crippen LogP contribution in [0.5, 0.6) is 0 Å². The summed E-state index contributed by atoms with van der Waals surface area (Å²) in [5, 5.41) is 0. The van der Waals surface area contributed by atoms with Crippen molar-refractivity contribution >= 4 is 0 Å². The quantitative estimate of drug-likeness (QED) is 0.907. The standard InChI is InChI=1S/C17H27FN2O/c1-4-16(2)12-17(13-19,9-10-21-16)20(3)11-14-5-7-15(18)8-6-14/h5-8H,4,9-13,19H2,1-3H3. The van der Waals surface area contributed by atoms with Crippen molar-refractivity contribution in [3.05, 3.63) is 35.6 Å². The largest absolute Gasteiger partial charge is 0.375 e. The number of nitrogens with two attached hydrogens (primary N) is 1. The summed E-state index contributed by atoms with van der Waals surface area (Å²) in [6.07, 6.45) is 2.86. The van der Waals surface area contributed by atoms with Crippen LogP contribution in [0.2, 0.25) is 0 Å². The number of ether oxygens (including phenoxy) is 1. The molecule has 0 amide bonds. The second-order valence-electron chi connectivity index (χ2n) is 6.49. The van der Waals surface area contributed by atoms with Gasteiger partial charge in [0.1, 0.15) is 5.82 Å². The highest BCUT2D eigenvalue weighted by atomic mass is 19.1. The predicted molar refractivity (Wildman–Crippen MR) is 83.5 cm³/mol. The Balaban J connectivity index is 2.13. The molecule has 2 unspecified atom stereocenters. The van der Waals surface area contributed by atoms with Crippen molar-refractivity contribution in [2.24, 2.45) is 5.73 Å². The zero-order valence-corrected chi connectivity index (χ0v) is 13.4. The fourth-order valence-electron chi connectivity index (χ4n) is 3.24. The van der Waals surface area contributed by atoms with Crippen LogP contribution in [-0.4, -0.2) is 36.2 Å². The highest BCUT2D eigenvalue weighted by molar-refractivity contribution is 5.16. The summed E-state index contributed by atoms with van der Waals surface area (Å²) in [4.78, 5) is 2.32. The minimum absolute atomic E-state index is 0.0442. The monoisotopic (exact) mass is 294 g/mol. The van der Waals surface area contributed by atoms with Crippen LogP contribution in [-0.2, 0) is 11.3 Å². The summed E-state index contributed by atoms with van der Waals surface area (Å²) >= 11 is 0. The molecule has 1 heterocycles. The number of likely N-dealkylation sites (N-methyl/N-ethyl adjacent to an activating group) is 1. The summed E-state index contributed by atoms with van der Waals surface area (Å²) in [6.45, 7) is 6.46. The van der Waals surface area contributed by atoms with E-state index in [9.17, 15) is 4.39 Å². The van der Waals surface area contributed by atoms with Crippen molar-refractivity contribution in [2.45, 2.75) is 50.8 Å².